The van der Waals surface area contributed by atoms with Gasteiger partial charge in [-0.2, -0.15) is 4.31 Å². The van der Waals surface area contributed by atoms with Gasteiger partial charge >= 0.3 is 0 Å². The summed E-state index contributed by atoms with van der Waals surface area (Å²) in [7, 11) is -2.12. The third kappa shape index (κ3) is 3.84. The fourth-order valence-electron chi connectivity index (χ4n) is 2.43. The van der Waals surface area contributed by atoms with Crippen LogP contribution in [0.1, 0.15) is 18.4 Å². The van der Waals surface area contributed by atoms with Gasteiger partial charge < -0.3 is 9.84 Å². The van der Waals surface area contributed by atoms with E-state index < -0.39 is 15.6 Å². The van der Waals surface area contributed by atoms with Crippen LogP contribution in [0.5, 0.6) is 0 Å². The number of rotatable bonds is 4. The molecule has 0 aliphatic carbocycles. The van der Waals surface area contributed by atoms with E-state index in [1.165, 1.54) is 11.4 Å². The van der Waals surface area contributed by atoms with Gasteiger partial charge in [0.2, 0.25) is 10.0 Å². The number of aryl methyl sites for hydroxylation is 1. The molecule has 0 radical (unpaired) electrons. The second-order valence-electron chi connectivity index (χ2n) is 5.51. The highest BCUT2D eigenvalue weighted by Crippen LogP contribution is 2.27. The van der Waals surface area contributed by atoms with Crippen LogP contribution in [0.2, 0.25) is 0 Å². The molecule has 118 valence electrons. The highest BCUT2D eigenvalue weighted by atomic mass is 79.9. The summed E-state index contributed by atoms with van der Waals surface area (Å²) >= 11 is 3.30. The van der Waals surface area contributed by atoms with Gasteiger partial charge in [0.25, 0.3) is 0 Å². The fourth-order valence-corrected chi connectivity index (χ4v) is 4.44. The number of sulfonamides is 1. The number of halogens is 1. The SMILES string of the molecule is Cc1ccc(Br)cc1S(=O)(=O)N(C)CC1(O)CCOCC1. The van der Waals surface area contributed by atoms with E-state index in [-0.39, 0.29) is 11.4 Å². The topological polar surface area (TPSA) is 66.8 Å². The predicted octanol–water partition coefficient (Wildman–Crippen LogP) is 1.92. The molecule has 0 amide bonds. The molecule has 5 nitrogen and oxygen atoms in total. The van der Waals surface area contributed by atoms with E-state index in [1.807, 2.05) is 0 Å². The molecule has 0 atom stereocenters. The third-order valence-electron chi connectivity index (χ3n) is 3.78. The Balaban J connectivity index is 2.24. The first-order valence-electron chi connectivity index (χ1n) is 6.77. The van der Waals surface area contributed by atoms with E-state index in [9.17, 15) is 13.5 Å². The Hall–Kier alpha value is -0.470. The summed E-state index contributed by atoms with van der Waals surface area (Å²) in [6, 6.07) is 5.16. The van der Waals surface area contributed by atoms with Gasteiger partial charge in [-0.05, 0) is 24.6 Å². The first kappa shape index (κ1) is 16.9. The predicted molar refractivity (Wildman–Crippen MR) is 83.7 cm³/mol. The first-order chi connectivity index (χ1) is 9.74. The molecule has 1 saturated heterocycles. The van der Waals surface area contributed by atoms with E-state index >= 15 is 0 Å². The molecule has 0 aromatic heterocycles. The van der Waals surface area contributed by atoms with Gasteiger partial charge in [-0.1, -0.05) is 22.0 Å². The van der Waals surface area contributed by atoms with Crippen molar-refractivity contribution in [1.82, 2.24) is 4.31 Å². The maximum atomic E-state index is 12.7. The van der Waals surface area contributed by atoms with Crippen LogP contribution in [0.4, 0.5) is 0 Å². The molecule has 1 aliphatic heterocycles. The monoisotopic (exact) mass is 377 g/mol. The average Bonchev–Trinajstić information content (AvgIpc) is 2.41. The van der Waals surface area contributed by atoms with Crippen molar-refractivity contribution in [2.24, 2.45) is 0 Å². The molecule has 21 heavy (non-hydrogen) atoms. The lowest BCUT2D eigenvalue weighted by atomic mass is 9.95. The molecule has 7 heteroatoms. The summed E-state index contributed by atoms with van der Waals surface area (Å²) in [4.78, 5) is 0.259. The molecule has 2 rings (SSSR count). The molecule has 1 fully saturated rings. The van der Waals surface area contributed by atoms with Crippen molar-refractivity contribution < 1.29 is 18.3 Å². The molecule has 0 bridgehead atoms. The summed E-state index contributed by atoms with van der Waals surface area (Å²) in [5.41, 5.74) is -0.330. The number of hydrogen-bond acceptors (Lipinski definition) is 4. The quantitative estimate of drug-likeness (QED) is 0.870. The largest absolute Gasteiger partial charge is 0.388 e. The van der Waals surface area contributed by atoms with Crippen LogP contribution in [0.3, 0.4) is 0 Å². The van der Waals surface area contributed by atoms with E-state index in [0.717, 1.165) is 0 Å². The fraction of sp³-hybridized carbons (Fsp3) is 0.571. The third-order valence-corrected chi connectivity index (χ3v) is 6.22. The lowest BCUT2D eigenvalue weighted by Crippen LogP contribution is -2.47. The van der Waals surface area contributed by atoms with E-state index in [2.05, 4.69) is 15.9 Å². The molecular formula is C14H20BrNO4S. The van der Waals surface area contributed by atoms with Crippen LogP contribution in [-0.4, -0.2) is 50.2 Å². The Morgan fingerprint density at radius 3 is 2.62 bits per heavy atom. The number of aliphatic hydroxyl groups is 1. The lowest BCUT2D eigenvalue weighted by molar-refractivity contribution is -0.0689. The number of nitrogens with zero attached hydrogens (tertiary/aromatic N) is 1. The summed E-state index contributed by atoms with van der Waals surface area (Å²) < 4.78 is 32.5. The number of hydrogen-bond donors (Lipinski definition) is 1. The minimum absolute atomic E-state index is 0.0741. The van der Waals surface area contributed by atoms with Gasteiger partial charge in [-0.25, -0.2) is 8.42 Å². The molecule has 1 N–H and O–H groups in total. The minimum atomic E-state index is -3.63. The van der Waals surface area contributed by atoms with Gasteiger partial charge in [0.05, 0.1) is 10.5 Å². The van der Waals surface area contributed by atoms with Crippen molar-refractivity contribution in [2.75, 3.05) is 26.8 Å². The highest BCUT2D eigenvalue weighted by Gasteiger charge is 2.35. The summed E-state index contributed by atoms with van der Waals surface area (Å²) in [5, 5.41) is 10.5. The Morgan fingerprint density at radius 2 is 2.00 bits per heavy atom. The van der Waals surface area contributed by atoms with E-state index in [1.54, 1.807) is 25.1 Å². The van der Waals surface area contributed by atoms with E-state index in [4.69, 9.17) is 4.74 Å². The summed E-state index contributed by atoms with van der Waals surface area (Å²) in [6.07, 6.45) is 0.897. The molecular weight excluding hydrogens is 358 g/mol. The zero-order valence-electron chi connectivity index (χ0n) is 12.2. The first-order valence-corrected chi connectivity index (χ1v) is 9.01. The summed E-state index contributed by atoms with van der Waals surface area (Å²) in [5.74, 6) is 0. The van der Waals surface area contributed by atoms with Crippen molar-refractivity contribution in [1.29, 1.82) is 0 Å². The second kappa shape index (κ2) is 6.34. The standard InChI is InChI=1S/C14H20BrNO4S/c1-11-3-4-12(15)9-13(11)21(18,19)16(2)10-14(17)5-7-20-8-6-14/h3-4,9,17H,5-8,10H2,1-2H3. The number of likely N-dealkylation sites (N-methyl/N-ethyl adjacent to an activating group) is 1. The van der Waals surface area contributed by atoms with Gasteiger partial charge in [0.15, 0.2) is 0 Å². The number of ether oxygens (including phenoxy) is 1. The Morgan fingerprint density at radius 1 is 1.38 bits per heavy atom. The van der Waals surface area contributed by atoms with Crippen molar-refractivity contribution in [3.63, 3.8) is 0 Å². The molecule has 1 heterocycles. The Labute approximate surface area is 134 Å². The normalized spacial score (nSPS) is 18.9. The molecule has 0 unspecified atom stereocenters. The number of benzene rings is 1. The Kier molecular flexibility index (Phi) is 5.10. The molecule has 1 aromatic rings. The van der Waals surface area contributed by atoms with Gasteiger partial charge in [-0.3, -0.25) is 0 Å². The van der Waals surface area contributed by atoms with Crippen LogP contribution in [0.25, 0.3) is 0 Å². The minimum Gasteiger partial charge on any atom is -0.388 e. The Bertz CT molecular complexity index is 611. The highest BCUT2D eigenvalue weighted by molar-refractivity contribution is 9.10. The van der Waals surface area contributed by atoms with Crippen LogP contribution in [0.15, 0.2) is 27.6 Å². The van der Waals surface area contributed by atoms with Crippen molar-refractivity contribution >= 4 is 26.0 Å². The molecule has 0 saturated carbocycles. The molecule has 1 aliphatic rings. The summed E-state index contributed by atoms with van der Waals surface area (Å²) in [6.45, 7) is 2.75. The van der Waals surface area contributed by atoms with Crippen molar-refractivity contribution in [3.05, 3.63) is 28.2 Å². The maximum absolute atomic E-state index is 12.7. The lowest BCUT2D eigenvalue weighted by Gasteiger charge is -2.35. The molecule has 1 aromatic carbocycles. The maximum Gasteiger partial charge on any atom is 0.243 e. The van der Waals surface area contributed by atoms with Gasteiger partial charge in [0, 0.05) is 44.1 Å². The van der Waals surface area contributed by atoms with Crippen molar-refractivity contribution in [3.8, 4) is 0 Å². The van der Waals surface area contributed by atoms with Crippen LogP contribution in [-0.2, 0) is 14.8 Å². The smallest absolute Gasteiger partial charge is 0.243 e. The molecule has 0 spiro atoms. The van der Waals surface area contributed by atoms with Crippen LogP contribution >= 0.6 is 15.9 Å². The zero-order chi connectivity index (χ0) is 15.7. The van der Waals surface area contributed by atoms with Crippen molar-refractivity contribution in [2.45, 2.75) is 30.3 Å². The van der Waals surface area contributed by atoms with Crippen LogP contribution in [0, 0.1) is 6.92 Å². The second-order valence-corrected chi connectivity index (χ2v) is 8.44. The zero-order valence-corrected chi connectivity index (χ0v) is 14.6. The van der Waals surface area contributed by atoms with E-state index in [0.29, 0.717) is 36.1 Å². The van der Waals surface area contributed by atoms with Crippen LogP contribution < -0.4 is 0 Å². The average molecular weight is 378 g/mol. The van der Waals surface area contributed by atoms with Gasteiger partial charge in [0.1, 0.15) is 0 Å². The van der Waals surface area contributed by atoms with Gasteiger partial charge in [-0.15, -0.1) is 0 Å².